The van der Waals surface area contributed by atoms with Crippen LogP contribution in [0.1, 0.15) is 12.0 Å². The zero-order chi connectivity index (χ0) is 19.3. The van der Waals surface area contributed by atoms with Gasteiger partial charge >= 0.3 is 6.18 Å². The van der Waals surface area contributed by atoms with Crippen molar-refractivity contribution in [1.82, 2.24) is 13.6 Å². The summed E-state index contributed by atoms with van der Waals surface area (Å²) < 4.78 is 55.0. The van der Waals surface area contributed by atoms with Gasteiger partial charge in [-0.2, -0.15) is 13.2 Å². The molecule has 6 nitrogen and oxygen atoms in total. The lowest BCUT2D eigenvalue weighted by atomic mass is 9.90. The number of nitrogens with two attached hydrogens (primary N) is 1. The third kappa shape index (κ3) is 6.21. The van der Waals surface area contributed by atoms with Crippen molar-refractivity contribution in [2.75, 3.05) is 46.0 Å². The van der Waals surface area contributed by atoms with E-state index in [1.54, 1.807) is 18.3 Å². The number of halogens is 3. The van der Waals surface area contributed by atoms with E-state index < -0.39 is 12.1 Å². The van der Waals surface area contributed by atoms with E-state index in [-0.39, 0.29) is 25.5 Å². The van der Waals surface area contributed by atoms with Crippen molar-refractivity contribution in [3.63, 3.8) is 0 Å². The number of morpholine rings is 1. The zero-order valence-electron chi connectivity index (χ0n) is 15.0. The van der Waals surface area contributed by atoms with E-state index in [9.17, 15) is 13.2 Å². The van der Waals surface area contributed by atoms with Gasteiger partial charge in [0.2, 0.25) is 5.88 Å². The highest BCUT2D eigenvalue weighted by Crippen LogP contribution is 2.38. The molecule has 27 heavy (non-hydrogen) atoms. The lowest BCUT2D eigenvalue weighted by Crippen LogP contribution is -2.46. The van der Waals surface area contributed by atoms with Crippen LogP contribution in [0.25, 0.3) is 0 Å². The largest absolute Gasteiger partial charge is 0.477 e. The van der Waals surface area contributed by atoms with Crippen LogP contribution in [-0.4, -0.2) is 65.8 Å². The van der Waals surface area contributed by atoms with Gasteiger partial charge in [-0.3, -0.25) is 0 Å². The summed E-state index contributed by atoms with van der Waals surface area (Å²) in [6.07, 6.45) is -2.54. The normalized spacial score (nSPS) is 25.5. The minimum atomic E-state index is -4.21. The molecular weight excluding hydrogens is 381 g/mol. The summed E-state index contributed by atoms with van der Waals surface area (Å²) in [5.74, 6) is -1.17. The minimum absolute atomic E-state index is 0.00291. The second kappa shape index (κ2) is 9.42. The number of aromatic nitrogens is 1. The summed E-state index contributed by atoms with van der Waals surface area (Å²) in [4.78, 5) is 4.11. The predicted molar refractivity (Wildman–Crippen MR) is 96.8 cm³/mol. The highest BCUT2D eigenvalue weighted by molar-refractivity contribution is 7.94. The number of piperidine rings is 1. The molecule has 2 saturated heterocycles. The van der Waals surface area contributed by atoms with Crippen molar-refractivity contribution in [1.29, 1.82) is 0 Å². The van der Waals surface area contributed by atoms with Crippen LogP contribution in [-0.2, 0) is 11.3 Å². The van der Waals surface area contributed by atoms with E-state index in [4.69, 9.17) is 15.2 Å². The van der Waals surface area contributed by atoms with Crippen molar-refractivity contribution in [2.24, 2.45) is 17.6 Å². The smallest absolute Gasteiger partial charge is 0.393 e. The molecule has 2 unspecified atom stereocenters. The van der Waals surface area contributed by atoms with Crippen molar-refractivity contribution in [3.05, 3.63) is 23.9 Å². The van der Waals surface area contributed by atoms with E-state index in [1.807, 2.05) is 4.31 Å². The van der Waals surface area contributed by atoms with Crippen molar-refractivity contribution in [3.8, 4) is 5.88 Å². The first-order valence-electron chi connectivity index (χ1n) is 9.04. The minimum Gasteiger partial charge on any atom is -0.477 e. The van der Waals surface area contributed by atoms with Crippen LogP contribution in [0.2, 0.25) is 0 Å². The molecule has 0 saturated carbocycles. The zero-order valence-corrected chi connectivity index (χ0v) is 15.8. The fraction of sp³-hybridized carbons (Fsp3) is 0.706. The van der Waals surface area contributed by atoms with Crippen molar-refractivity contribution in [2.45, 2.75) is 19.1 Å². The van der Waals surface area contributed by atoms with E-state index >= 15 is 0 Å². The molecule has 152 valence electrons. The molecule has 10 heteroatoms. The summed E-state index contributed by atoms with van der Waals surface area (Å²) in [5.41, 5.74) is 6.48. The summed E-state index contributed by atoms with van der Waals surface area (Å²) in [5, 5.41) is 0. The molecule has 0 aromatic carbocycles. The topological polar surface area (TPSA) is 63.9 Å². The molecule has 0 aliphatic carbocycles. The van der Waals surface area contributed by atoms with Gasteiger partial charge < -0.3 is 15.2 Å². The number of pyridine rings is 1. The molecule has 2 fully saturated rings. The predicted octanol–water partition coefficient (Wildman–Crippen LogP) is 2.31. The lowest BCUT2D eigenvalue weighted by Gasteiger charge is -2.39. The van der Waals surface area contributed by atoms with Crippen LogP contribution >= 0.6 is 12.1 Å². The Kier molecular flexibility index (Phi) is 7.21. The first-order chi connectivity index (χ1) is 12.9. The molecule has 1 aromatic heterocycles. The fourth-order valence-corrected chi connectivity index (χ4v) is 4.40. The summed E-state index contributed by atoms with van der Waals surface area (Å²) >= 11 is 1.39. The molecule has 2 aliphatic rings. The van der Waals surface area contributed by atoms with Crippen molar-refractivity contribution < 1.29 is 22.6 Å². The molecule has 1 aromatic rings. The number of nitrogens with zero attached hydrogens (tertiary/aromatic N) is 3. The Hall–Kier alpha value is -1.07. The summed E-state index contributed by atoms with van der Waals surface area (Å²) in [6.45, 7) is 3.77. The first kappa shape index (κ1) is 20.7. The number of alkyl halides is 3. The molecule has 3 heterocycles. The molecular formula is C17H25F3N4O2S. The molecule has 0 bridgehead atoms. The second-order valence-corrected chi connectivity index (χ2v) is 8.02. The Morgan fingerprint density at radius 2 is 2.04 bits per heavy atom. The van der Waals surface area contributed by atoms with Gasteiger partial charge in [-0.05, 0) is 18.1 Å². The quantitative estimate of drug-likeness (QED) is 0.728. The van der Waals surface area contributed by atoms with Gasteiger partial charge in [0.25, 0.3) is 0 Å². The fourth-order valence-electron chi connectivity index (χ4n) is 3.24. The van der Waals surface area contributed by atoms with Crippen LogP contribution in [0, 0.1) is 11.8 Å². The van der Waals surface area contributed by atoms with E-state index in [1.165, 1.54) is 12.1 Å². The summed E-state index contributed by atoms with van der Waals surface area (Å²) in [6, 6.07) is 3.51. The number of rotatable bonds is 6. The number of ether oxygens (including phenoxy) is 2. The Balaban J connectivity index is 1.60. The van der Waals surface area contributed by atoms with E-state index in [0.29, 0.717) is 32.2 Å². The maximum Gasteiger partial charge on any atom is 0.393 e. The maximum atomic E-state index is 13.4. The number of hydrogen-bond acceptors (Lipinski definition) is 7. The van der Waals surface area contributed by atoms with Gasteiger partial charge in [-0.15, -0.1) is 0 Å². The molecule has 3 rings (SSSR count). The molecule has 2 atom stereocenters. The van der Waals surface area contributed by atoms with Crippen LogP contribution in [0.15, 0.2) is 18.3 Å². The van der Waals surface area contributed by atoms with Gasteiger partial charge in [0.05, 0.1) is 25.7 Å². The monoisotopic (exact) mass is 406 g/mol. The third-order valence-corrected chi connectivity index (χ3v) is 5.79. The van der Waals surface area contributed by atoms with Gasteiger partial charge in [0.1, 0.15) is 0 Å². The van der Waals surface area contributed by atoms with E-state index in [0.717, 1.165) is 18.7 Å². The SMILES string of the molecule is NCc1ccnc(OCC2CC(C(F)(F)F)CN(SN3CCOCC3)C2)c1. The third-order valence-electron chi connectivity index (χ3n) is 4.67. The van der Waals surface area contributed by atoms with E-state index in [2.05, 4.69) is 9.29 Å². The van der Waals surface area contributed by atoms with Gasteiger partial charge in [0.15, 0.2) is 0 Å². The van der Waals surface area contributed by atoms with Crippen LogP contribution in [0.5, 0.6) is 5.88 Å². The second-order valence-electron chi connectivity index (χ2n) is 6.83. The van der Waals surface area contributed by atoms with Gasteiger partial charge in [0, 0.05) is 63.0 Å². The van der Waals surface area contributed by atoms with Crippen LogP contribution in [0.3, 0.4) is 0 Å². The van der Waals surface area contributed by atoms with Crippen molar-refractivity contribution >= 4 is 12.1 Å². The highest BCUT2D eigenvalue weighted by atomic mass is 32.2. The van der Waals surface area contributed by atoms with Gasteiger partial charge in [-0.25, -0.2) is 13.6 Å². The molecule has 2 N–H and O–H groups in total. The lowest BCUT2D eigenvalue weighted by molar-refractivity contribution is -0.187. The highest BCUT2D eigenvalue weighted by Gasteiger charge is 2.45. The average molecular weight is 406 g/mol. The first-order valence-corrected chi connectivity index (χ1v) is 9.77. The standard InChI is InChI=1S/C17H25F3N4O2S/c18-17(19,20)15-7-14(12-26-16-8-13(9-21)1-2-22-16)10-24(11-15)27-23-3-5-25-6-4-23/h1-2,8,14-15H,3-7,9-12,21H2. The number of hydrogen-bond donors (Lipinski definition) is 1. The van der Waals surface area contributed by atoms with Crippen LogP contribution < -0.4 is 10.5 Å². The molecule has 0 amide bonds. The molecule has 2 aliphatic heterocycles. The molecule has 0 radical (unpaired) electrons. The maximum absolute atomic E-state index is 13.4. The Labute approximate surface area is 161 Å². The Morgan fingerprint density at radius 1 is 1.26 bits per heavy atom. The van der Waals surface area contributed by atoms with Crippen LogP contribution in [0.4, 0.5) is 13.2 Å². The Bertz CT molecular complexity index is 602. The Morgan fingerprint density at radius 3 is 2.74 bits per heavy atom. The van der Waals surface area contributed by atoms with Gasteiger partial charge in [-0.1, -0.05) is 0 Å². The molecule has 0 spiro atoms. The average Bonchev–Trinajstić information content (AvgIpc) is 2.66. The summed E-state index contributed by atoms with van der Waals surface area (Å²) in [7, 11) is 0.